The minimum atomic E-state index is 0.604. The molecule has 0 N–H and O–H groups in total. The maximum absolute atomic E-state index is 5.46. The van der Waals surface area contributed by atoms with E-state index in [0.29, 0.717) is 33.4 Å². The molecular weight excluding hydrogens is 705 g/mol. The van der Waals surface area contributed by atoms with Gasteiger partial charge in [0.2, 0.25) is 0 Å². The number of rotatable bonds is 8. The molecule has 0 saturated carbocycles. The summed E-state index contributed by atoms with van der Waals surface area (Å²) in [6, 6.07) is 55.1. The average molecular weight is 739 g/mol. The highest BCUT2D eigenvalue weighted by Gasteiger charge is 2.05. The second-order valence-corrected chi connectivity index (χ2v) is 12.7. The lowest BCUT2D eigenvalue weighted by Crippen LogP contribution is -1.86. The molecule has 0 amide bonds. The van der Waals surface area contributed by atoms with Gasteiger partial charge in [-0.15, -0.1) is 0 Å². The topological polar surface area (TPSA) is 18.5 Å². The lowest BCUT2D eigenvalue weighted by Gasteiger charge is -2.02. The summed E-state index contributed by atoms with van der Waals surface area (Å²) in [5, 5.41) is 0. The fourth-order valence-electron chi connectivity index (χ4n) is 5.74. The predicted molar refractivity (Wildman–Crippen MR) is 237 cm³/mol. The van der Waals surface area contributed by atoms with Gasteiger partial charge in [-0.1, -0.05) is 191 Å². The van der Waals surface area contributed by atoms with E-state index < -0.39 is 0 Å². The number of benzene rings is 6. The van der Waals surface area contributed by atoms with Crippen molar-refractivity contribution in [3.63, 3.8) is 0 Å². The SMILES string of the molecule is COc1ccc(C2=C=C=C(c3ccccc3)C#CC(c3ccccc3)=C=C=C(c3ccc(OC)cc3)C#CC(c3ccccc3)=C=C=C(c3ccccc3)C#C2)cc1. The average Bonchev–Trinajstić information content (AvgIpc) is 3.30. The van der Waals surface area contributed by atoms with Gasteiger partial charge >= 0.3 is 0 Å². The predicted octanol–water partition coefficient (Wildman–Crippen LogP) is 11.8. The zero-order valence-corrected chi connectivity index (χ0v) is 32.0. The Morgan fingerprint density at radius 1 is 0.241 bits per heavy atom. The van der Waals surface area contributed by atoms with Crippen LogP contribution in [0, 0.1) is 35.5 Å². The summed E-state index contributed by atoms with van der Waals surface area (Å²) in [4.78, 5) is 0. The Kier molecular flexibility index (Phi) is 12.5. The molecule has 0 saturated heterocycles. The molecule has 6 aromatic carbocycles. The van der Waals surface area contributed by atoms with Gasteiger partial charge in [-0.2, -0.15) is 0 Å². The Balaban J connectivity index is 1.64. The molecule has 0 heterocycles. The molecule has 1 aliphatic carbocycles. The number of ether oxygens (including phenoxy) is 2. The highest BCUT2D eigenvalue weighted by molar-refractivity contribution is 5.91. The summed E-state index contributed by atoms with van der Waals surface area (Å²) in [5.41, 5.74) is 29.2. The van der Waals surface area contributed by atoms with E-state index in [1.165, 1.54) is 0 Å². The number of allylic oxidation sites excluding steroid dienone is 6. The summed E-state index contributed by atoms with van der Waals surface area (Å²) in [6.07, 6.45) is 0. The van der Waals surface area contributed by atoms with E-state index in [2.05, 4.69) is 69.9 Å². The van der Waals surface area contributed by atoms with Gasteiger partial charge in [0.1, 0.15) is 11.5 Å². The summed E-state index contributed by atoms with van der Waals surface area (Å²) in [5.74, 6) is 21.8. The molecule has 58 heavy (non-hydrogen) atoms. The first-order valence-corrected chi connectivity index (χ1v) is 18.5. The first kappa shape index (κ1) is 37.8. The fraction of sp³-hybridized carbons (Fsp3) is 0.0357. The molecule has 7 rings (SSSR count). The lowest BCUT2D eigenvalue weighted by molar-refractivity contribution is 0.414. The van der Waals surface area contributed by atoms with Crippen molar-refractivity contribution in [3.05, 3.63) is 238 Å². The van der Waals surface area contributed by atoms with Gasteiger partial charge in [0, 0.05) is 0 Å². The Labute approximate surface area is 340 Å². The summed E-state index contributed by atoms with van der Waals surface area (Å²) in [6.45, 7) is 0. The molecule has 2 heteroatoms. The Hall–Kier alpha value is -8.50. The van der Waals surface area contributed by atoms with E-state index in [1.54, 1.807) is 14.2 Å². The smallest absolute Gasteiger partial charge is 0.118 e. The van der Waals surface area contributed by atoms with Crippen LogP contribution in [-0.4, -0.2) is 14.2 Å². The van der Waals surface area contributed by atoms with Crippen LogP contribution < -0.4 is 9.47 Å². The summed E-state index contributed by atoms with van der Waals surface area (Å²) < 4.78 is 10.9. The van der Waals surface area contributed by atoms with Crippen LogP contribution in [0.15, 0.2) is 204 Å². The fourth-order valence-corrected chi connectivity index (χ4v) is 5.74. The molecule has 0 radical (unpaired) electrons. The molecule has 6 aromatic rings. The van der Waals surface area contributed by atoms with Crippen LogP contribution in [0.25, 0.3) is 33.4 Å². The molecule has 1 aliphatic rings. The monoisotopic (exact) mass is 738 g/mol. The second kappa shape index (κ2) is 19.2. The summed E-state index contributed by atoms with van der Waals surface area (Å²) >= 11 is 0. The summed E-state index contributed by atoms with van der Waals surface area (Å²) in [7, 11) is 3.29. The van der Waals surface area contributed by atoms with E-state index in [-0.39, 0.29) is 0 Å². The minimum absolute atomic E-state index is 0.604. The van der Waals surface area contributed by atoms with E-state index in [9.17, 15) is 0 Å². The highest BCUT2D eigenvalue weighted by atomic mass is 16.5. The van der Waals surface area contributed by atoms with Crippen molar-refractivity contribution in [1.82, 2.24) is 0 Å². The standard InChI is InChI=1S/C56H34O2/c1-57-55-39-35-53(36-40-55)51-31-27-47(43-15-7-3-8-16-43)23-25-49(45-19-11-5-12-20-45)29-33-52(54-37-41-56(58-2)42-38-54)34-30-50(46-21-13-6-14-22-46)26-24-48(28-32-51)44-17-9-4-10-18-44/h3-22,35-42H,1-2H3. The van der Waals surface area contributed by atoms with E-state index in [4.69, 9.17) is 9.47 Å². The van der Waals surface area contributed by atoms with Crippen molar-refractivity contribution in [2.75, 3.05) is 14.2 Å². The quantitative estimate of drug-likeness (QED) is 0.114. The third kappa shape index (κ3) is 9.97. The molecular formula is C56H34O2. The van der Waals surface area contributed by atoms with Crippen molar-refractivity contribution >= 4 is 33.4 Å². The third-order valence-corrected chi connectivity index (χ3v) is 8.88. The van der Waals surface area contributed by atoms with Crippen LogP contribution in [0.4, 0.5) is 0 Å². The van der Waals surface area contributed by atoms with Gasteiger partial charge < -0.3 is 9.47 Å². The van der Waals surface area contributed by atoms with Crippen molar-refractivity contribution in [2.45, 2.75) is 0 Å². The number of hydrogen-bond acceptors (Lipinski definition) is 2. The Morgan fingerprint density at radius 2 is 0.431 bits per heavy atom. The van der Waals surface area contributed by atoms with Gasteiger partial charge in [-0.05, 0) is 81.9 Å². The molecule has 0 bridgehead atoms. The molecule has 2 nitrogen and oxygen atoms in total. The molecule has 0 fully saturated rings. The Bertz CT molecular complexity index is 2760. The zero-order valence-electron chi connectivity index (χ0n) is 32.0. The van der Waals surface area contributed by atoms with Crippen LogP contribution in [0.5, 0.6) is 11.5 Å². The first-order chi connectivity index (χ1) is 28.7. The zero-order chi connectivity index (χ0) is 39.8. The maximum atomic E-state index is 5.46. The van der Waals surface area contributed by atoms with Crippen LogP contribution in [-0.2, 0) is 0 Å². The van der Waals surface area contributed by atoms with Gasteiger partial charge in [-0.3, -0.25) is 0 Å². The largest absolute Gasteiger partial charge is 0.497 e. The molecule has 0 unspecified atom stereocenters. The van der Waals surface area contributed by atoms with Crippen molar-refractivity contribution in [2.24, 2.45) is 0 Å². The molecule has 0 aliphatic heterocycles. The van der Waals surface area contributed by atoms with Crippen molar-refractivity contribution < 1.29 is 9.47 Å². The third-order valence-electron chi connectivity index (χ3n) is 8.88. The van der Waals surface area contributed by atoms with E-state index in [0.717, 1.165) is 44.9 Å². The van der Waals surface area contributed by atoms with Gasteiger partial charge in [-0.25, -0.2) is 0 Å². The highest BCUT2D eigenvalue weighted by Crippen LogP contribution is 2.23. The number of methoxy groups -OCH3 is 2. The van der Waals surface area contributed by atoms with E-state index >= 15 is 0 Å². The van der Waals surface area contributed by atoms with Crippen LogP contribution >= 0.6 is 0 Å². The van der Waals surface area contributed by atoms with Crippen molar-refractivity contribution in [1.29, 1.82) is 0 Å². The normalized spacial score (nSPS) is 12.1. The van der Waals surface area contributed by atoms with Gasteiger partial charge in [0.15, 0.2) is 0 Å². The van der Waals surface area contributed by atoms with Gasteiger partial charge in [0.25, 0.3) is 0 Å². The molecule has 270 valence electrons. The Morgan fingerprint density at radius 3 is 0.621 bits per heavy atom. The first-order valence-electron chi connectivity index (χ1n) is 18.5. The van der Waals surface area contributed by atoms with E-state index in [1.807, 2.05) is 170 Å². The van der Waals surface area contributed by atoms with Gasteiger partial charge in [0.05, 0.1) is 47.7 Å². The number of hydrogen-bond donors (Lipinski definition) is 0. The minimum Gasteiger partial charge on any atom is -0.497 e. The van der Waals surface area contributed by atoms with Crippen LogP contribution in [0.2, 0.25) is 0 Å². The molecule has 0 aromatic heterocycles. The van der Waals surface area contributed by atoms with Crippen LogP contribution in [0.1, 0.15) is 33.4 Å². The van der Waals surface area contributed by atoms with Crippen molar-refractivity contribution in [3.8, 4) is 47.0 Å². The lowest BCUT2D eigenvalue weighted by atomic mass is 10.0. The second-order valence-electron chi connectivity index (χ2n) is 12.7. The van der Waals surface area contributed by atoms with Crippen LogP contribution in [0.3, 0.4) is 0 Å². The maximum Gasteiger partial charge on any atom is 0.118 e. The molecule has 0 spiro atoms. The molecule has 0 atom stereocenters.